The molecule has 0 saturated carbocycles. The van der Waals surface area contributed by atoms with Gasteiger partial charge in [0.15, 0.2) is 0 Å². The van der Waals surface area contributed by atoms with Crippen molar-refractivity contribution in [1.29, 1.82) is 0 Å². The fourth-order valence-corrected chi connectivity index (χ4v) is 1.96. The monoisotopic (exact) mass is 235 g/mol. The van der Waals surface area contributed by atoms with Crippen molar-refractivity contribution in [2.75, 3.05) is 19.7 Å². The molecule has 2 heteroatoms. The normalized spacial score (nSPS) is 10.6. The zero-order valence-corrected chi connectivity index (χ0v) is 10.7. The van der Waals surface area contributed by atoms with Gasteiger partial charge in [0.2, 0.25) is 0 Å². The van der Waals surface area contributed by atoms with E-state index in [4.69, 9.17) is 5.11 Å². The second-order valence-electron chi connectivity index (χ2n) is 4.48. The molecular formula is C15H25NO. The topological polar surface area (TPSA) is 32.3 Å². The van der Waals surface area contributed by atoms with E-state index in [2.05, 4.69) is 35.6 Å². The second kappa shape index (κ2) is 10.3. The Kier molecular flexibility index (Phi) is 8.61. The largest absolute Gasteiger partial charge is 0.395 e. The minimum Gasteiger partial charge on any atom is -0.395 e. The van der Waals surface area contributed by atoms with Gasteiger partial charge >= 0.3 is 0 Å². The van der Waals surface area contributed by atoms with Gasteiger partial charge in [-0.2, -0.15) is 0 Å². The summed E-state index contributed by atoms with van der Waals surface area (Å²) in [5.41, 5.74) is 1.46. The van der Waals surface area contributed by atoms with Crippen LogP contribution in [0, 0.1) is 0 Å². The van der Waals surface area contributed by atoms with Crippen LogP contribution in [-0.2, 0) is 6.42 Å². The molecule has 0 aliphatic heterocycles. The van der Waals surface area contributed by atoms with Crippen molar-refractivity contribution in [3.05, 3.63) is 35.9 Å². The molecule has 0 bridgehead atoms. The van der Waals surface area contributed by atoms with E-state index in [9.17, 15) is 0 Å². The molecule has 0 atom stereocenters. The first-order valence-electron chi connectivity index (χ1n) is 6.79. The maximum atomic E-state index is 8.58. The average Bonchev–Trinajstić information content (AvgIpc) is 2.38. The molecule has 0 amide bonds. The number of hydrogen-bond acceptors (Lipinski definition) is 2. The summed E-state index contributed by atoms with van der Waals surface area (Å²) >= 11 is 0. The van der Waals surface area contributed by atoms with Crippen molar-refractivity contribution in [3.63, 3.8) is 0 Å². The molecule has 0 aliphatic carbocycles. The summed E-state index contributed by atoms with van der Waals surface area (Å²) in [5, 5.41) is 11.8. The van der Waals surface area contributed by atoms with Gasteiger partial charge in [-0.15, -0.1) is 0 Å². The third-order valence-corrected chi connectivity index (χ3v) is 2.95. The average molecular weight is 235 g/mol. The smallest absolute Gasteiger partial charge is 0.0555 e. The fraction of sp³-hybridized carbons (Fsp3) is 0.600. The number of rotatable bonds is 10. The SMILES string of the molecule is OCCNCCCCCCCc1ccccc1. The lowest BCUT2D eigenvalue weighted by atomic mass is 10.1. The number of benzene rings is 1. The first-order valence-corrected chi connectivity index (χ1v) is 6.79. The van der Waals surface area contributed by atoms with E-state index in [1.165, 1.54) is 44.1 Å². The minimum atomic E-state index is 0.247. The summed E-state index contributed by atoms with van der Waals surface area (Å²) in [6.45, 7) is 2.02. The Morgan fingerprint density at radius 2 is 1.53 bits per heavy atom. The van der Waals surface area contributed by atoms with Crippen LogP contribution in [0.4, 0.5) is 0 Å². The van der Waals surface area contributed by atoms with E-state index in [1.54, 1.807) is 0 Å². The van der Waals surface area contributed by atoms with Crippen LogP contribution in [0.25, 0.3) is 0 Å². The third-order valence-electron chi connectivity index (χ3n) is 2.95. The summed E-state index contributed by atoms with van der Waals surface area (Å²) in [6.07, 6.45) is 7.69. The lowest BCUT2D eigenvalue weighted by Crippen LogP contribution is -2.19. The predicted octanol–water partition coefficient (Wildman–Crippen LogP) is 2.76. The zero-order valence-electron chi connectivity index (χ0n) is 10.7. The highest BCUT2D eigenvalue weighted by Gasteiger charge is 1.93. The van der Waals surface area contributed by atoms with Crippen LogP contribution in [0.1, 0.15) is 37.7 Å². The van der Waals surface area contributed by atoms with Crippen LogP contribution < -0.4 is 5.32 Å². The van der Waals surface area contributed by atoms with Gasteiger partial charge in [-0.3, -0.25) is 0 Å². The number of hydrogen-bond donors (Lipinski definition) is 2. The van der Waals surface area contributed by atoms with Gasteiger partial charge < -0.3 is 10.4 Å². The molecule has 0 saturated heterocycles. The Balaban J connectivity index is 1.85. The number of unbranched alkanes of at least 4 members (excludes halogenated alkanes) is 4. The van der Waals surface area contributed by atoms with Gasteiger partial charge in [-0.25, -0.2) is 0 Å². The predicted molar refractivity (Wildman–Crippen MR) is 73.2 cm³/mol. The molecular weight excluding hydrogens is 210 g/mol. The number of aryl methyl sites for hydroxylation is 1. The fourth-order valence-electron chi connectivity index (χ4n) is 1.96. The molecule has 0 unspecified atom stereocenters. The van der Waals surface area contributed by atoms with Crippen molar-refractivity contribution in [2.24, 2.45) is 0 Å². The van der Waals surface area contributed by atoms with Gasteiger partial charge in [0.05, 0.1) is 6.61 Å². The van der Waals surface area contributed by atoms with Crippen molar-refractivity contribution >= 4 is 0 Å². The van der Waals surface area contributed by atoms with Crippen LogP contribution in [0.15, 0.2) is 30.3 Å². The van der Waals surface area contributed by atoms with E-state index in [0.717, 1.165) is 13.1 Å². The number of aliphatic hydroxyl groups excluding tert-OH is 1. The van der Waals surface area contributed by atoms with E-state index >= 15 is 0 Å². The molecule has 1 aromatic rings. The van der Waals surface area contributed by atoms with Gasteiger partial charge in [0, 0.05) is 6.54 Å². The zero-order chi connectivity index (χ0) is 12.2. The lowest BCUT2D eigenvalue weighted by Gasteiger charge is -2.03. The van der Waals surface area contributed by atoms with Crippen LogP contribution in [0.2, 0.25) is 0 Å². The van der Waals surface area contributed by atoms with Crippen molar-refractivity contribution < 1.29 is 5.11 Å². The van der Waals surface area contributed by atoms with Crippen LogP contribution in [0.5, 0.6) is 0 Å². The lowest BCUT2D eigenvalue weighted by molar-refractivity contribution is 0.292. The standard InChI is InChI=1S/C15H25NO/c17-14-13-16-12-8-3-1-2-5-9-15-10-6-4-7-11-15/h4,6-7,10-11,16-17H,1-3,5,8-9,12-14H2. The molecule has 96 valence electrons. The van der Waals surface area contributed by atoms with Gasteiger partial charge in [-0.1, -0.05) is 49.6 Å². The number of nitrogens with one attached hydrogen (secondary N) is 1. The van der Waals surface area contributed by atoms with Gasteiger partial charge in [0.1, 0.15) is 0 Å². The van der Waals surface area contributed by atoms with E-state index in [-0.39, 0.29) is 6.61 Å². The van der Waals surface area contributed by atoms with Crippen molar-refractivity contribution in [1.82, 2.24) is 5.32 Å². The summed E-state index contributed by atoms with van der Waals surface area (Å²) in [6, 6.07) is 10.7. The third kappa shape index (κ3) is 7.94. The maximum absolute atomic E-state index is 8.58. The molecule has 0 aliphatic rings. The Morgan fingerprint density at radius 1 is 0.824 bits per heavy atom. The molecule has 0 heterocycles. The van der Waals surface area contributed by atoms with Crippen LogP contribution in [0.3, 0.4) is 0 Å². The Morgan fingerprint density at radius 3 is 2.29 bits per heavy atom. The van der Waals surface area contributed by atoms with Crippen molar-refractivity contribution in [3.8, 4) is 0 Å². The highest BCUT2D eigenvalue weighted by molar-refractivity contribution is 5.14. The molecule has 1 rings (SSSR count). The van der Waals surface area contributed by atoms with Crippen LogP contribution >= 0.6 is 0 Å². The van der Waals surface area contributed by atoms with Gasteiger partial charge in [-0.05, 0) is 31.4 Å². The molecule has 2 N–H and O–H groups in total. The Hall–Kier alpha value is -0.860. The van der Waals surface area contributed by atoms with Crippen LogP contribution in [-0.4, -0.2) is 24.8 Å². The summed E-state index contributed by atoms with van der Waals surface area (Å²) < 4.78 is 0. The highest BCUT2D eigenvalue weighted by atomic mass is 16.3. The number of aliphatic hydroxyl groups is 1. The second-order valence-corrected chi connectivity index (χ2v) is 4.48. The van der Waals surface area contributed by atoms with E-state index < -0.39 is 0 Å². The maximum Gasteiger partial charge on any atom is 0.0555 e. The molecule has 17 heavy (non-hydrogen) atoms. The van der Waals surface area contributed by atoms with E-state index in [1.807, 2.05) is 0 Å². The molecule has 1 aromatic carbocycles. The highest BCUT2D eigenvalue weighted by Crippen LogP contribution is 2.08. The molecule has 0 spiro atoms. The summed E-state index contributed by atoms with van der Waals surface area (Å²) in [5.74, 6) is 0. The van der Waals surface area contributed by atoms with Crippen molar-refractivity contribution in [2.45, 2.75) is 38.5 Å². The van der Waals surface area contributed by atoms with E-state index in [0.29, 0.717) is 0 Å². The first-order chi connectivity index (χ1) is 8.43. The van der Waals surface area contributed by atoms with Gasteiger partial charge in [0.25, 0.3) is 0 Å². The Labute approximate surface area is 105 Å². The molecule has 0 fully saturated rings. The minimum absolute atomic E-state index is 0.247. The summed E-state index contributed by atoms with van der Waals surface area (Å²) in [7, 11) is 0. The molecule has 2 nitrogen and oxygen atoms in total. The summed E-state index contributed by atoms with van der Waals surface area (Å²) in [4.78, 5) is 0. The first kappa shape index (κ1) is 14.2. The molecule has 0 aromatic heterocycles. The molecule has 0 radical (unpaired) electrons. The quantitative estimate of drug-likeness (QED) is 0.611. The Bertz CT molecular complexity index is 261.